The van der Waals surface area contributed by atoms with Gasteiger partial charge in [-0.05, 0) is 72.9 Å². The van der Waals surface area contributed by atoms with Crippen molar-refractivity contribution in [3.63, 3.8) is 0 Å². The van der Waals surface area contributed by atoms with Crippen molar-refractivity contribution in [2.24, 2.45) is 5.92 Å². The molecule has 0 unspecified atom stereocenters. The molecule has 1 saturated carbocycles. The molecule has 3 aliphatic rings. The van der Waals surface area contributed by atoms with Gasteiger partial charge in [0.05, 0.1) is 11.6 Å². The fourth-order valence-corrected chi connectivity index (χ4v) is 6.24. The lowest BCUT2D eigenvalue weighted by atomic mass is 9.61. The second kappa shape index (κ2) is 6.60. The summed E-state index contributed by atoms with van der Waals surface area (Å²) in [7, 11) is 1.98. The van der Waals surface area contributed by atoms with Crippen LogP contribution in [0.5, 0.6) is 5.75 Å². The second-order valence-corrected chi connectivity index (χ2v) is 9.87. The number of aromatic hydroxyl groups is 1. The van der Waals surface area contributed by atoms with Gasteiger partial charge >= 0.3 is 0 Å². The number of phenols is 1. The first-order chi connectivity index (χ1) is 13.5. The fourth-order valence-electron chi connectivity index (χ4n) is 5.61. The fraction of sp³-hybridized carbons (Fsp3) is 0.522. The van der Waals surface area contributed by atoms with Crippen molar-refractivity contribution in [2.75, 3.05) is 20.1 Å². The Balaban J connectivity index is 1.57. The molecular formula is C23H28N2O2S. The molecule has 0 radical (unpaired) electrons. The Morgan fingerprint density at radius 1 is 1.36 bits per heavy atom. The molecule has 1 N–H and O–H groups in total. The number of fused-ring (bicyclic) bond motifs is 4. The first-order valence-electron chi connectivity index (χ1n) is 10.3. The van der Waals surface area contributed by atoms with E-state index in [1.54, 1.807) is 11.3 Å². The zero-order chi connectivity index (χ0) is 19.5. The SMILES string of the molecule is CN(C(=O)c1ccsc1)[C@@H]1[C@H]2Cc3ccc(O)cc3[C@]1(C)CCN2CC1CC1. The van der Waals surface area contributed by atoms with Crippen molar-refractivity contribution >= 4 is 17.2 Å². The van der Waals surface area contributed by atoms with Crippen molar-refractivity contribution in [1.29, 1.82) is 0 Å². The van der Waals surface area contributed by atoms with E-state index in [2.05, 4.69) is 17.9 Å². The van der Waals surface area contributed by atoms with Crippen LogP contribution in [0.1, 0.15) is 47.7 Å². The Labute approximate surface area is 170 Å². The van der Waals surface area contributed by atoms with E-state index in [0.29, 0.717) is 11.8 Å². The second-order valence-electron chi connectivity index (χ2n) is 9.09. The highest BCUT2D eigenvalue weighted by molar-refractivity contribution is 7.08. The van der Waals surface area contributed by atoms with E-state index >= 15 is 0 Å². The maximum absolute atomic E-state index is 13.3. The maximum atomic E-state index is 13.3. The normalized spacial score (nSPS) is 29.4. The van der Waals surface area contributed by atoms with Crippen LogP contribution in [0.15, 0.2) is 35.0 Å². The molecule has 1 aromatic heterocycles. The molecule has 1 aromatic carbocycles. The van der Waals surface area contributed by atoms with Crippen LogP contribution < -0.4 is 0 Å². The van der Waals surface area contributed by atoms with Gasteiger partial charge in [-0.15, -0.1) is 0 Å². The van der Waals surface area contributed by atoms with Gasteiger partial charge in [-0.1, -0.05) is 13.0 Å². The summed E-state index contributed by atoms with van der Waals surface area (Å²) in [5, 5.41) is 14.1. The van der Waals surface area contributed by atoms with Crippen LogP contribution in [0.2, 0.25) is 0 Å². The Kier molecular flexibility index (Phi) is 4.29. The highest BCUT2D eigenvalue weighted by atomic mass is 32.1. The van der Waals surface area contributed by atoms with Crippen LogP contribution in [0.25, 0.3) is 0 Å². The summed E-state index contributed by atoms with van der Waals surface area (Å²) in [6.45, 7) is 4.53. The maximum Gasteiger partial charge on any atom is 0.254 e. The number of thiophene rings is 1. The molecule has 3 atom stereocenters. The smallest absolute Gasteiger partial charge is 0.254 e. The molecule has 2 bridgehead atoms. The number of carbonyl (C=O) groups excluding carboxylic acids is 1. The predicted octanol–water partition coefficient (Wildman–Crippen LogP) is 3.89. The molecule has 2 aliphatic carbocycles. The summed E-state index contributed by atoms with van der Waals surface area (Å²) in [6.07, 6.45) is 4.65. The van der Waals surface area contributed by atoms with Crippen LogP contribution in [0.4, 0.5) is 0 Å². The minimum atomic E-state index is -0.141. The van der Waals surface area contributed by atoms with Crippen LogP contribution in [-0.4, -0.2) is 53.0 Å². The lowest BCUT2D eigenvalue weighted by Gasteiger charge is -2.58. The monoisotopic (exact) mass is 396 g/mol. The molecule has 1 aliphatic heterocycles. The molecule has 5 heteroatoms. The molecule has 5 rings (SSSR count). The van der Waals surface area contributed by atoms with Crippen LogP contribution in [0, 0.1) is 5.92 Å². The van der Waals surface area contributed by atoms with E-state index in [1.807, 2.05) is 40.9 Å². The van der Waals surface area contributed by atoms with E-state index < -0.39 is 0 Å². The summed E-state index contributed by atoms with van der Waals surface area (Å²) < 4.78 is 0. The van der Waals surface area contributed by atoms with E-state index in [0.717, 1.165) is 37.4 Å². The van der Waals surface area contributed by atoms with Crippen molar-refractivity contribution < 1.29 is 9.90 Å². The quantitative estimate of drug-likeness (QED) is 0.853. The highest BCUT2D eigenvalue weighted by Crippen LogP contribution is 2.48. The number of amides is 1. The van der Waals surface area contributed by atoms with Gasteiger partial charge in [-0.3, -0.25) is 9.69 Å². The number of hydrogen-bond acceptors (Lipinski definition) is 4. The summed E-state index contributed by atoms with van der Waals surface area (Å²) in [6, 6.07) is 8.21. The highest BCUT2D eigenvalue weighted by Gasteiger charge is 2.53. The molecule has 4 nitrogen and oxygen atoms in total. The number of likely N-dealkylation sites (N-methyl/N-ethyl adjacent to an activating group) is 1. The van der Waals surface area contributed by atoms with E-state index in [-0.39, 0.29) is 17.4 Å². The van der Waals surface area contributed by atoms with Crippen molar-refractivity contribution in [3.05, 3.63) is 51.7 Å². The molecule has 2 heterocycles. The lowest BCUT2D eigenvalue weighted by molar-refractivity contribution is -0.00726. The van der Waals surface area contributed by atoms with Gasteiger partial charge in [0.25, 0.3) is 5.91 Å². The predicted molar refractivity (Wildman–Crippen MR) is 112 cm³/mol. The standard InChI is InChI=1S/C23H28N2O2S/c1-23-8-9-25(13-15-3-4-15)20(11-16-5-6-18(26)12-19(16)23)21(23)24(2)22(27)17-7-10-28-14-17/h5-7,10,12,14-15,20-21,26H,3-4,8-9,11,13H2,1-2H3/t20-,21-,23+/m1/s1. The third-order valence-electron chi connectivity index (χ3n) is 7.24. The minimum Gasteiger partial charge on any atom is -0.508 e. The molecule has 1 saturated heterocycles. The summed E-state index contributed by atoms with van der Waals surface area (Å²) in [5.74, 6) is 1.27. The number of phenolic OH excluding ortho intramolecular Hbond substituents is 1. The number of benzene rings is 1. The van der Waals surface area contributed by atoms with Gasteiger partial charge in [-0.2, -0.15) is 11.3 Å². The van der Waals surface area contributed by atoms with Crippen LogP contribution >= 0.6 is 11.3 Å². The van der Waals surface area contributed by atoms with E-state index in [9.17, 15) is 9.90 Å². The van der Waals surface area contributed by atoms with Gasteiger partial charge in [0.15, 0.2) is 0 Å². The number of carbonyl (C=O) groups is 1. The van der Waals surface area contributed by atoms with Gasteiger partial charge in [-0.25, -0.2) is 0 Å². The first kappa shape index (κ1) is 18.2. The molecule has 1 amide bonds. The van der Waals surface area contributed by atoms with Gasteiger partial charge in [0.1, 0.15) is 5.75 Å². The number of nitrogens with zero attached hydrogens (tertiary/aromatic N) is 2. The topological polar surface area (TPSA) is 43.8 Å². The van der Waals surface area contributed by atoms with Crippen molar-refractivity contribution in [3.8, 4) is 5.75 Å². The van der Waals surface area contributed by atoms with Crippen molar-refractivity contribution in [1.82, 2.24) is 9.80 Å². The van der Waals surface area contributed by atoms with E-state index in [4.69, 9.17) is 0 Å². The van der Waals surface area contributed by atoms with Crippen LogP contribution in [0.3, 0.4) is 0 Å². The molecule has 2 fully saturated rings. The van der Waals surface area contributed by atoms with Crippen molar-refractivity contribution in [2.45, 2.75) is 50.1 Å². The zero-order valence-electron chi connectivity index (χ0n) is 16.6. The first-order valence-corrected chi connectivity index (χ1v) is 11.3. The van der Waals surface area contributed by atoms with Gasteiger partial charge in [0.2, 0.25) is 0 Å². The summed E-state index contributed by atoms with van der Waals surface area (Å²) in [4.78, 5) is 17.9. The summed E-state index contributed by atoms with van der Waals surface area (Å²) in [5.41, 5.74) is 3.20. The molecular weight excluding hydrogens is 368 g/mol. The minimum absolute atomic E-state index is 0.111. The number of piperidine rings is 1. The average Bonchev–Trinajstić information content (AvgIpc) is 3.33. The third kappa shape index (κ3) is 2.87. The number of hydrogen-bond donors (Lipinski definition) is 1. The third-order valence-corrected chi connectivity index (χ3v) is 7.92. The average molecular weight is 397 g/mol. The Hall–Kier alpha value is -1.85. The van der Waals surface area contributed by atoms with E-state index in [1.165, 1.54) is 24.0 Å². The lowest BCUT2D eigenvalue weighted by Crippen LogP contribution is -2.68. The molecule has 0 spiro atoms. The number of likely N-dealkylation sites (tertiary alicyclic amines) is 1. The molecule has 148 valence electrons. The Bertz CT molecular complexity index is 892. The largest absolute Gasteiger partial charge is 0.508 e. The van der Waals surface area contributed by atoms with Gasteiger partial charge in [0, 0.05) is 30.4 Å². The summed E-state index contributed by atoms with van der Waals surface area (Å²) >= 11 is 1.57. The zero-order valence-corrected chi connectivity index (χ0v) is 17.4. The van der Waals surface area contributed by atoms with Crippen LogP contribution in [-0.2, 0) is 11.8 Å². The molecule has 2 aromatic rings. The molecule has 28 heavy (non-hydrogen) atoms. The Morgan fingerprint density at radius 3 is 2.89 bits per heavy atom. The van der Waals surface area contributed by atoms with Gasteiger partial charge < -0.3 is 10.0 Å². The number of rotatable bonds is 4. The Morgan fingerprint density at radius 2 is 2.18 bits per heavy atom.